The first kappa shape index (κ1) is 20.0. The summed E-state index contributed by atoms with van der Waals surface area (Å²) in [4.78, 5) is 11.7. The highest BCUT2D eigenvalue weighted by atomic mass is 32.1. The van der Waals surface area contributed by atoms with E-state index in [-0.39, 0.29) is 5.92 Å². The molecule has 0 spiro atoms. The minimum Gasteiger partial charge on any atom is -0.357 e. The summed E-state index contributed by atoms with van der Waals surface area (Å²) in [6.45, 7) is 8.00. The number of aliphatic imine (C=N–C) groups is 1. The first-order valence-electron chi connectivity index (χ1n) is 8.51. The molecule has 142 valence electrons. The lowest BCUT2D eigenvalue weighted by Crippen LogP contribution is -2.40. The van der Waals surface area contributed by atoms with Crippen molar-refractivity contribution in [3.63, 3.8) is 0 Å². The molecule has 1 aromatic rings. The molecule has 0 aliphatic carbocycles. The Kier molecular flexibility index (Phi) is 7.06. The smallest absolute Gasteiger partial charge is 0.357 e. The van der Waals surface area contributed by atoms with Gasteiger partial charge in [-0.25, -0.2) is 9.98 Å². The predicted octanol–water partition coefficient (Wildman–Crippen LogP) is 2.70. The molecule has 9 heteroatoms. The van der Waals surface area contributed by atoms with Gasteiger partial charge in [-0.3, -0.25) is 4.90 Å². The van der Waals surface area contributed by atoms with E-state index in [0.717, 1.165) is 23.7 Å². The van der Waals surface area contributed by atoms with Crippen LogP contribution in [0.15, 0.2) is 4.99 Å². The van der Waals surface area contributed by atoms with Crippen LogP contribution in [0, 0.1) is 19.8 Å². The molecule has 1 atom stereocenters. The van der Waals surface area contributed by atoms with Crippen molar-refractivity contribution in [2.24, 2.45) is 10.9 Å². The van der Waals surface area contributed by atoms with Crippen LogP contribution >= 0.6 is 11.3 Å². The fourth-order valence-electron chi connectivity index (χ4n) is 2.81. The number of hydrogen-bond donors (Lipinski definition) is 2. The van der Waals surface area contributed by atoms with E-state index in [1.54, 1.807) is 11.3 Å². The molecule has 1 fully saturated rings. The first-order chi connectivity index (χ1) is 11.8. The Bertz CT molecular complexity index is 565. The van der Waals surface area contributed by atoms with Crippen LogP contribution in [0.1, 0.15) is 28.9 Å². The third-order valence-corrected chi connectivity index (χ3v) is 5.18. The standard InChI is InChI=1S/C16H26F3N5S/c1-4-20-15(22-8-14-23-11(2)12(3)25-14)21-7-13-5-6-24(9-13)10-16(17,18)19/h13H,4-10H2,1-3H3,(H2,20,21,22). The lowest BCUT2D eigenvalue weighted by atomic mass is 10.1. The molecule has 1 unspecified atom stereocenters. The molecule has 0 radical (unpaired) electrons. The molecule has 25 heavy (non-hydrogen) atoms. The summed E-state index contributed by atoms with van der Waals surface area (Å²) in [6.07, 6.45) is -3.35. The Balaban J connectivity index is 1.82. The van der Waals surface area contributed by atoms with Crippen LogP contribution in [-0.4, -0.2) is 54.7 Å². The molecule has 0 saturated carbocycles. The van der Waals surface area contributed by atoms with Crippen molar-refractivity contribution in [1.29, 1.82) is 0 Å². The van der Waals surface area contributed by atoms with Crippen molar-refractivity contribution in [2.75, 3.05) is 32.7 Å². The largest absolute Gasteiger partial charge is 0.401 e. The molecule has 1 aliphatic rings. The normalized spacial score (nSPS) is 19.4. The van der Waals surface area contributed by atoms with Gasteiger partial charge in [0.1, 0.15) is 5.01 Å². The third-order valence-electron chi connectivity index (χ3n) is 4.12. The maximum Gasteiger partial charge on any atom is 0.401 e. The molecule has 2 heterocycles. The summed E-state index contributed by atoms with van der Waals surface area (Å²) in [5.74, 6) is 0.887. The summed E-state index contributed by atoms with van der Waals surface area (Å²) < 4.78 is 37.3. The van der Waals surface area contributed by atoms with Crippen molar-refractivity contribution in [3.05, 3.63) is 15.6 Å². The lowest BCUT2D eigenvalue weighted by Gasteiger charge is -2.18. The molecule has 1 saturated heterocycles. The van der Waals surface area contributed by atoms with E-state index in [1.165, 1.54) is 9.78 Å². The van der Waals surface area contributed by atoms with Crippen molar-refractivity contribution < 1.29 is 13.2 Å². The van der Waals surface area contributed by atoms with E-state index < -0.39 is 12.7 Å². The molecular formula is C16H26F3N5S. The van der Waals surface area contributed by atoms with Crippen molar-refractivity contribution in [2.45, 2.75) is 39.9 Å². The maximum absolute atomic E-state index is 12.4. The second kappa shape index (κ2) is 8.84. The van der Waals surface area contributed by atoms with E-state index in [9.17, 15) is 13.2 Å². The van der Waals surface area contributed by atoms with Crippen LogP contribution in [-0.2, 0) is 6.54 Å². The fourth-order valence-corrected chi connectivity index (χ4v) is 3.67. The maximum atomic E-state index is 12.4. The Labute approximate surface area is 150 Å². The quantitative estimate of drug-likeness (QED) is 0.591. The first-order valence-corrected chi connectivity index (χ1v) is 9.32. The summed E-state index contributed by atoms with van der Waals surface area (Å²) in [5, 5.41) is 7.38. The number of thiazole rings is 1. The third kappa shape index (κ3) is 6.81. The average Bonchev–Trinajstić information content (AvgIpc) is 3.07. The minimum atomic E-state index is -4.12. The second-order valence-electron chi connectivity index (χ2n) is 6.33. The molecule has 0 aromatic carbocycles. The van der Waals surface area contributed by atoms with Gasteiger partial charge in [-0.1, -0.05) is 0 Å². The van der Waals surface area contributed by atoms with Gasteiger partial charge >= 0.3 is 6.18 Å². The molecule has 5 nitrogen and oxygen atoms in total. The Morgan fingerprint density at radius 1 is 1.36 bits per heavy atom. The average molecular weight is 377 g/mol. The van der Waals surface area contributed by atoms with E-state index in [2.05, 4.69) is 20.6 Å². The van der Waals surface area contributed by atoms with Gasteiger partial charge in [0.15, 0.2) is 5.96 Å². The summed E-state index contributed by atoms with van der Waals surface area (Å²) in [7, 11) is 0. The second-order valence-corrected chi connectivity index (χ2v) is 7.62. The number of rotatable bonds is 6. The van der Waals surface area contributed by atoms with Gasteiger partial charge in [0.25, 0.3) is 0 Å². The number of alkyl halides is 3. The van der Waals surface area contributed by atoms with Crippen LogP contribution in [0.25, 0.3) is 0 Å². The monoisotopic (exact) mass is 377 g/mol. The van der Waals surface area contributed by atoms with Crippen molar-refractivity contribution in [1.82, 2.24) is 20.5 Å². The number of halogens is 3. The molecule has 2 N–H and O–H groups in total. The van der Waals surface area contributed by atoms with E-state index in [0.29, 0.717) is 32.1 Å². The van der Waals surface area contributed by atoms with Crippen LogP contribution in [0.2, 0.25) is 0 Å². The summed E-state index contributed by atoms with van der Waals surface area (Å²) >= 11 is 1.64. The number of guanidine groups is 1. The van der Waals surface area contributed by atoms with E-state index >= 15 is 0 Å². The van der Waals surface area contributed by atoms with Crippen LogP contribution in [0.3, 0.4) is 0 Å². The number of nitrogens with one attached hydrogen (secondary N) is 2. The van der Waals surface area contributed by atoms with Gasteiger partial charge in [0.05, 0.1) is 18.8 Å². The summed E-state index contributed by atoms with van der Waals surface area (Å²) in [5.41, 5.74) is 1.03. The highest BCUT2D eigenvalue weighted by Crippen LogP contribution is 2.22. The predicted molar refractivity (Wildman–Crippen MR) is 95.0 cm³/mol. The molecule has 1 aromatic heterocycles. The molecule has 2 rings (SSSR count). The van der Waals surface area contributed by atoms with Gasteiger partial charge in [0.2, 0.25) is 0 Å². The van der Waals surface area contributed by atoms with Gasteiger partial charge in [0, 0.05) is 24.5 Å². The van der Waals surface area contributed by atoms with Gasteiger partial charge in [-0.2, -0.15) is 13.2 Å². The highest BCUT2D eigenvalue weighted by molar-refractivity contribution is 7.11. The van der Waals surface area contributed by atoms with Crippen LogP contribution in [0.4, 0.5) is 13.2 Å². The Morgan fingerprint density at radius 2 is 2.12 bits per heavy atom. The van der Waals surface area contributed by atoms with Crippen molar-refractivity contribution >= 4 is 17.3 Å². The Hall–Kier alpha value is -1.35. The topological polar surface area (TPSA) is 52.6 Å². The van der Waals surface area contributed by atoms with Gasteiger partial charge in [-0.15, -0.1) is 11.3 Å². The van der Waals surface area contributed by atoms with Gasteiger partial charge < -0.3 is 10.6 Å². The number of likely N-dealkylation sites (tertiary alicyclic amines) is 1. The Morgan fingerprint density at radius 3 is 2.72 bits per heavy atom. The van der Waals surface area contributed by atoms with Crippen LogP contribution < -0.4 is 10.6 Å². The summed E-state index contributed by atoms with van der Waals surface area (Å²) in [6, 6.07) is 0. The number of aromatic nitrogens is 1. The molecular weight excluding hydrogens is 351 g/mol. The molecule has 0 bridgehead atoms. The number of aryl methyl sites for hydroxylation is 2. The lowest BCUT2D eigenvalue weighted by molar-refractivity contribution is -0.143. The zero-order valence-corrected chi connectivity index (χ0v) is 15.7. The van der Waals surface area contributed by atoms with Crippen molar-refractivity contribution in [3.8, 4) is 0 Å². The van der Waals surface area contributed by atoms with Crippen LogP contribution in [0.5, 0.6) is 0 Å². The zero-order chi connectivity index (χ0) is 18.4. The molecule has 0 amide bonds. The highest BCUT2D eigenvalue weighted by Gasteiger charge is 2.34. The number of hydrogen-bond acceptors (Lipinski definition) is 4. The number of nitrogens with zero attached hydrogens (tertiary/aromatic N) is 3. The molecule has 1 aliphatic heterocycles. The SMILES string of the molecule is CCNC(=NCc1nc(C)c(C)s1)NCC1CCN(CC(F)(F)F)C1. The van der Waals surface area contributed by atoms with E-state index in [1.807, 2.05) is 20.8 Å². The minimum absolute atomic E-state index is 0.204. The van der Waals surface area contributed by atoms with E-state index in [4.69, 9.17) is 0 Å². The fraction of sp³-hybridized carbons (Fsp3) is 0.750. The van der Waals surface area contributed by atoms with Gasteiger partial charge in [-0.05, 0) is 39.7 Å². The zero-order valence-electron chi connectivity index (χ0n) is 14.9.